The molecule has 3 rings (SSSR count). The number of hydrogen-bond acceptors (Lipinski definition) is 1. The summed E-state index contributed by atoms with van der Waals surface area (Å²) >= 11 is 4.60. The van der Waals surface area contributed by atoms with E-state index >= 15 is 0 Å². The molecule has 0 aromatic heterocycles. The van der Waals surface area contributed by atoms with Gasteiger partial charge in [-0.1, -0.05) is 49.7 Å². The molecule has 0 unspecified atom stereocenters. The van der Waals surface area contributed by atoms with Crippen molar-refractivity contribution in [1.82, 2.24) is 0 Å². The van der Waals surface area contributed by atoms with Crippen LogP contribution in [-0.4, -0.2) is 0 Å². The van der Waals surface area contributed by atoms with Gasteiger partial charge in [0.2, 0.25) is 0 Å². The number of aryl methyl sites for hydroxylation is 3. The van der Waals surface area contributed by atoms with Crippen molar-refractivity contribution in [1.29, 1.82) is 0 Å². The molecule has 0 saturated carbocycles. The third-order valence-electron chi connectivity index (χ3n) is 4.74. The molecule has 1 aliphatic rings. The van der Waals surface area contributed by atoms with Crippen molar-refractivity contribution in [2.24, 2.45) is 0 Å². The van der Waals surface area contributed by atoms with E-state index in [-0.39, 0.29) is 0 Å². The zero-order chi connectivity index (χ0) is 14.7. The number of benzene rings is 2. The predicted molar refractivity (Wildman–Crippen MR) is 93.5 cm³/mol. The fourth-order valence-electron chi connectivity index (χ4n) is 3.51. The highest BCUT2D eigenvalue weighted by Crippen LogP contribution is 2.33. The molecule has 0 fully saturated rings. The van der Waals surface area contributed by atoms with Crippen LogP contribution in [0.15, 0.2) is 47.4 Å². The zero-order valence-electron chi connectivity index (χ0n) is 12.8. The van der Waals surface area contributed by atoms with Crippen molar-refractivity contribution in [3.05, 3.63) is 64.7 Å². The molecule has 0 saturated heterocycles. The fraction of sp³-hybridized carbons (Fsp3) is 0.400. The van der Waals surface area contributed by atoms with Gasteiger partial charge in [-0.15, -0.1) is 12.6 Å². The highest BCUT2D eigenvalue weighted by molar-refractivity contribution is 7.80. The van der Waals surface area contributed by atoms with Crippen LogP contribution in [0.25, 0.3) is 0 Å². The summed E-state index contributed by atoms with van der Waals surface area (Å²) in [6.07, 6.45) is 7.30. The number of thiol groups is 1. The Bertz CT molecular complexity index is 588. The van der Waals surface area contributed by atoms with Crippen LogP contribution in [0.2, 0.25) is 0 Å². The number of hydrogen-bond donors (Lipinski definition) is 1. The average Bonchev–Trinajstić information content (AvgIpc) is 2.72. The average molecular weight is 296 g/mol. The molecule has 110 valence electrons. The van der Waals surface area contributed by atoms with E-state index in [1.54, 1.807) is 11.1 Å². The molecule has 0 amide bonds. The van der Waals surface area contributed by atoms with Crippen molar-refractivity contribution in [3.63, 3.8) is 0 Å². The Morgan fingerprint density at radius 2 is 1.67 bits per heavy atom. The summed E-state index contributed by atoms with van der Waals surface area (Å²) < 4.78 is 0. The van der Waals surface area contributed by atoms with E-state index in [2.05, 4.69) is 62.0 Å². The summed E-state index contributed by atoms with van der Waals surface area (Å²) in [5.74, 6) is 0.696. The fourth-order valence-corrected chi connectivity index (χ4v) is 3.76. The summed E-state index contributed by atoms with van der Waals surface area (Å²) in [6.45, 7) is 2.24. The Kier molecular flexibility index (Phi) is 4.70. The third-order valence-corrected chi connectivity index (χ3v) is 5.17. The largest absolute Gasteiger partial charge is 0.143 e. The Morgan fingerprint density at radius 3 is 2.29 bits per heavy atom. The van der Waals surface area contributed by atoms with Crippen LogP contribution >= 0.6 is 12.6 Å². The van der Waals surface area contributed by atoms with Gasteiger partial charge in [-0.2, -0.15) is 0 Å². The van der Waals surface area contributed by atoms with E-state index in [1.807, 2.05) is 0 Å². The van der Waals surface area contributed by atoms with Crippen molar-refractivity contribution in [3.8, 4) is 0 Å². The van der Waals surface area contributed by atoms with E-state index in [0.29, 0.717) is 5.92 Å². The maximum absolute atomic E-state index is 4.60. The van der Waals surface area contributed by atoms with Crippen LogP contribution in [0.4, 0.5) is 0 Å². The predicted octanol–water partition coefficient (Wildman–Crippen LogP) is 5.59. The molecule has 0 N–H and O–H groups in total. The van der Waals surface area contributed by atoms with Crippen LogP contribution in [0.5, 0.6) is 0 Å². The van der Waals surface area contributed by atoms with Crippen LogP contribution in [-0.2, 0) is 19.3 Å². The van der Waals surface area contributed by atoms with Crippen LogP contribution in [0.1, 0.15) is 54.4 Å². The molecule has 0 radical (unpaired) electrons. The Labute approximate surface area is 134 Å². The molecule has 2 aromatic carbocycles. The highest BCUT2D eigenvalue weighted by atomic mass is 32.1. The monoisotopic (exact) mass is 296 g/mol. The standard InChI is InChI=1S/C20H24S/c1-2-5-19-14-18(12-13-20(19)21)17-10-8-15-6-3-4-7-16(15)9-11-17/h3-4,6-7,12-14,17,21H,2,5,8-11H2,1H3. The van der Waals surface area contributed by atoms with Gasteiger partial charge in [0, 0.05) is 4.90 Å². The van der Waals surface area contributed by atoms with Crippen LogP contribution in [0.3, 0.4) is 0 Å². The second kappa shape index (κ2) is 6.70. The van der Waals surface area contributed by atoms with Crippen molar-refractivity contribution in [2.45, 2.75) is 56.3 Å². The van der Waals surface area contributed by atoms with Crippen LogP contribution < -0.4 is 0 Å². The van der Waals surface area contributed by atoms with Gasteiger partial charge in [0.15, 0.2) is 0 Å². The summed E-state index contributed by atoms with van der Waals surface area (Å²) in [6, 6.07) is 15.9. The lowest BCUT2D eigenvalue weighted by molar-refractivity contribution is 0.598. The Hall–Kier alpha value is -1.21. The second-order valence-corrected chi connectivity index (χ2v) is 6.66. The molecular formula is C20H24S. The van der Waals surface area contributed by atoms with Gasteiger partial charge in [-0.25, -0.2) is 0 Å². The normalized spacial score (nSPS) is 15.5. The van der Waals surface area contributed by atoms with E-state index in [9.17, 15) is 0 Å². The first-order chi connectivity index (χ1) is 10.3. The van der Waals surface area contributed by atoms with E-state index in [0.717, 1.165) is 11.3 Å². The minimum Gasteiger partial charge on any atom is -0.143 e. The van der Waals surface area contributed by atoms with Crippen molar-refractivity contribution >= 4 is 12.6 Å². The van der Waals surface area contributed by atoms with E-state index in [1.165, 1.54) is 43.2 Å². The number of fused-ring (bicyclic) bond motifs is 1. The van der Waals surface area contributed by atoms with Crippen LogP contribution in [0, 0.1) is 0 Å². The van der Waals surface area contributed by atoms with E-state index < -0.39 is 0 Å². The molecular weight excluding hydrogens is 272 g/mol. The molecule has 1 heteroatoms. The molecule has 1 aliphatic carbocycles. The summed E-state index contributed by atoms with van der Waals surface area (Å²) in [5, 5.41) is 0. The quantitative estimate of drug-likeness (QED) is 0.554. The van der Waals surface area contributed by atoms with Crippen molar-refractivity contribution < 1.29 is 0 Å². The Morgan fingerprint density at radius 1 is 1.00 bits per heavy atom. The number of rotatable bonds is 3. The molecule has 0 atom stereocenters. The second-order valence-electron chi connectivity index (χ2n) is 6.18. The molecule has 0 heterocycles. The molecule has 0 bridgehead atoms. The van der Waals surface area contributed by atoms with Gasteiger partial charge in [0.1, 0.15) is 0 Å². The minimum atomic E-state index is 0.696. The van der Waals surface area contributed by atoms with Gasteiger partial charge < -0.3 is 0 Å². The highest BCUT2D eigenvalue weighted by Gasteiger charge is 2.18. The van der Waals surface area contributed by atoms with Gasteiger partial charge in [0.05, 0.1) is 0 Å². The van der Waals surface area contributed by atoms with Gasteiger partial charge in [0.25, 0.3) is 0 Å². The molecule has 21 heavy (non-hydrogen) atoms. The van der Waals surface area contributed by atoms with E-state index in [4.69, 9.17) is 0 Å². The molecule has 0 spiro atoms. The first-order valence-electron chi connectivity index (χ1n) is 8.16. The minimum absolute atomic E-state index is 0.696. The van der Waals surface area contributed by atoms with Gasteiger partial charge in [-0.3, -0.25) is 0 Å². The summed E-state index contributed by atoms with van der Waals surface area (Å²) in [4.78, 5) is 1.15. The maximum atomic E-state index is 4.60. The molecule has 0 aliphatic heterocycles. The first kappa shape index (κ1) is 14.7. The lowest BCUT2D eigenvalue weighted by Gasteiger charge is -2.16. The van der Waals surface area contributed by atoms with Crippen molar-refractivity contribution in [2.75, 3.05) is 0 Å². The SMILES string of the molecule is CCCc1cc(C2CCc3ccccc3CC2)ccc1S. The van der Waals surface area contributed by atoms with Gasteiger partial charge >= 0.3 is 0 Å². The van der Waals surface area contributed by atoms with Gasteiger partial charge in [-0.05, 0) is 66.3 Å². The lowest BCUT2D eigenvalue weighted by Crippen LogP contribution is -2.01. The smallest absolute Gasteiger partial charge is 0.00722 e. The Balaban J connectivity index is 1.81. The summed E-state index contributed by atoms with van der Waals surface area (Å²) in [7, 11) is 0. The lowest BCUT2D eigenvalue weighted by atomic mass is 9.90. The summed E-state index contributed by atoms with van der Waals surface area (Å²) in [5.41, 5.74) is 6.04. The molecule has 2 aromatic rings. The molecule has 0 nitrogen and oxygen atoms in total. The zero-order valence-corrected chi connectivity index (χ0v) is 13.7. The first-order valence-corrected chi connectivity index (χ1v) is 8.61. The topological polar surface area (TPSA) is 0 Å². The third kappa shape index (κ3) is 3.35. The maximum Gasteiger partial charge on any atom is 0.00722 e.